The number of imide groups is 2. The Morgan fingerprint density at radius 3 is 2.33 bits per heavy atom. The number of rotatable bonds is 12. The van der Waals surface area contributed by atoms with Crippen LogP contribution in [-0.2, 0) is 14.4 Å². The van der Waals surface area contributed by atoms with E-state index in [-0.39, 0.29) is 54.4 Å². The van der Waals surface area contributed by atoms with E-state index < -0.39 is 29.7 Å². The lowest BCUT2D eigenvalue weighted by Gasteiger charge is -2.39. The van der Waals surface area contributed by atoms with Crippen molar-refractivity contribution in [3.63, 3.8) is 0 Å². The van der Waals surface area contributed by atoms with E-state index in [9.17, 15) is 28.8 Å². The Labute approximate surface area is 380 Å². The van der Waals surface area contributed by atoms with Crippen molar-refractivity contribution in [2.45, 2.75) is 63.6 Å². The Morgan fingerprint density at radius 2 is 1.58 bits per heavy atom. The molecule has 19 nitrogen and oxygen atoms in total. The van der Waals surface area contributed by atoms with Gasteiger partial charge in [-0.2, -0.15) is 0 Å². The van der Waals surface area contributed by atoms with E-state index in [0.29, 0.717) is 41.7 Å². The molecule has 6 amide bonds. The summed E-state index contributed by atoms with van der Waals surface area (Å²) in [6, 6.07) is 17.8. The lowest BCUT2D eigenvalue weighted by molar-refractivity contribution is -0.136. The number of carbonyl (C=O) groups is 6. The quantitative estimate of drug-likeness (QED) is 0.132. The number of carbonyl (C=O) groups excluding carboxylic acids is 6. The number of anilines is 4. The van der Waals surface area contributed by atoms with Crippen molar-refractivity contribution in [2.24, 2.45) is 5.92 Å². The molecule has 0 spiro atoms. The molecule has 2 aromatic carbocycles. The second-order valence-electron chi connectivity index (χ2n) is 17.9. The Balaban J connectivity index is 0.647. The first kappa shape index (κ1) is 42.7. The van der Waals surface area contributed by atoms with E-state index in [2.05, 4.69) is 79.8 Å². The number of hydrogen-bond donors (Lipinski definition) is 4. The number of likely N-dealkylation sites (tertiary alicyclic amines) is 1. The number of fused-ring (bicyclic) bond motifs is 2. The molecule has 7 heterocycles. The maximum atomic E-state index is 13.2. The molecule has 5 aliphatic rings. The van der Waals surface area contributed by atoms with Gasteiger partial charge in [-0.25, -0.2) is 19.9 Å². The molecule has 0 unspecified atom stereocenters. The molecule has 1 aliphatic carbocycles. The van der Waals surface area contributed by atoms with Gasteiger partial charge in [0.25, 0.3) is 17.7 Å². The van der Waals surface area contributed by atoms with Crippen molar-refractivity contribution in [1.29, 1.82) is 0 Å². The van der Waals surface area contributed by atoms with Crippen LogP contribution in [0.2, 0.25) is 0 Å². The maximum Gasteiger partial charge on any atom is 0.270 e. The molecule has 4 aliphatic heterocycles. The summed E-state index contributed by atoms with van der Waals surface area (Å²) in [4.78, 5) is 102. The second-order valence-corrected chi connectivity index (χ2v) is 17.9. The monoisotopic (exact) mass is 893 g/mol. The van der Waals surface area contributed by atoms with Crippen molar-refractivity contribution < 1.29 is 28.8 Å². The highest BCUT2D eigenvalue weighted by molar-refractivity contribution is 6.23. The second kappa shape index (κ2) is 17.9. The molecule has 4 N–H and O–H groups in total. The molecular weight excluding hydrogens is 843 g/mol. The Morgan fingerprint density at radius 1 is 0.818 bits per heavy atom. The lowest BCUT2D eigenvalue weighted by Crippen LogP contribution is -2.54. The zero-order chi connectivity index (χ0) is 45.5. The summed E-state index contributed by atoms with van der Waals surface area (Å²) in [5.74, 6) is -1.27. The van der Waals surface area contributed by atoms with Gasteiger partial charge >= 0.3 is 0 Å². The third-order valence-corrected chi connectivity index (χ3v) is 13.6. The summed E-state index contributed by atoms with van der Waals surface area (Å²) >= 11 is 0. The number of hydrogen-bond acceptors (Lipinski definition) is 14. The van der Waals surface area contributed by atoms with E-state index >= 15 is 0 Å². The number of piperazine rings is 1. The third kappa shape index (κ3) is 8.65. The number of aryl methyl sites for hydroxylation is 1. The molecule has 340 valence electrons. The zero-order valence-electron chi connectivity index (χ0n) is 36.6. The van der Waals surface area contributed by atoms with Crippen LogP contribution in [0.25, 0.3) is 11.2 Å². The van der Waals surface area contributed by atoms with Crippen molar-refractivity contribution in [2.75, 3.05) is 67.9 Å². The van der Waals surface area contributed by atoms with Gasteiger partial charge < -0.3 is 30.3 Å². The molecular formula is C47H51N13O6. The van der Waals surface area contributed by atoms with Gasteiger partial charge in [-0.3, -0.25) is 43.9 Å². The van der Waals surface area contributed by atoms with Crippen LogP contribution in [0.4, 0.5) is 22.9 Å². The topological polar surface area (TPSA) is 220 Å². The summed E-state index contributed by atoms with van der Waals surface area (Å²) in [6.45, 7) is 8.06. The molecule has 5 aromatic rings. The van der Waals surface area contributed by atoms with Crippen LogP contribution in [0.1, 0.15) is 81.5 Å². The zero-order valence-corrected chi connectivity index (χ0v) is 36.6. The maximum absolute atomic E-state index is 13.2. The van der Waals surface area contributed by atoms with Crippen molar-refractivity contribution in [3.8, 4) is 0 Å². The Bertz CT molecular complexity index is 2720. The largest absolute Gasteiger partial charge is 0.376 e. The van der Waals surface area contributed by atoms with E-state index in [4.69, 9.17) is 0 Å². The fourth-order valence-electron chi connectivity index (χ4n) is 9.75. The SMILES string of the molecule is Cc1cccc(C(=O)NC2CC(n3cnc4c(Nc5ccc(N6CCN(CC7CCN(C(=O)CNc8ccc9c(c8)C(=O)N([C@H]8CCC(=O)NC8=O)C9=O)CC7)CC6)cc5)ncnc43)C2)n1. The molecule has 3 aromatic heterocycles. The van der Waals surface area contributed by atoms with Crippen molar-refractivity contribution in [1.82, 2.24) is 49.8 Å². The minimum atomic E-state index is -1.03. The van der Waals surface area contributed by atoms with Gasteiger partial charge in [-0.05, 0) is 99.5 Å². The van der Waals surface area contributed by atoms with E-state index in [1.807, 2.05) is 24.0 Å². The first-order chi connectivity index (χ1) is 32.0. The third-order valence-electron chi connectivity index (χ3n) is 13.6. The van der Waals surface area contributed by atoms with E-state index in [0.717, 1.165) is 86.0 Å². The number of imidazole rings is 1. The predicted molar refractivity (Wildman–Crippen MR) is 243 cm³/mol. The van der Waals surface area contributed by atoms with Gasteiger partial charge in [0.15, 0.2) is 17.0 Å². The highest BCUT2D eigenvalue weighted by atomic mass is 16.2. The number of nitrogens with zero attached hydrogens (tertiary/aromatic N) is 9. The van der Waals surface area contributed by atoms with Gasteiger partial charge in [0.2, 0.25) is 17.7 Å². The minimum absolute atomic E-state index is 0.0308. The summed E-state index contributed by atoms with van der Waals surface area (Å²) in [6.07, 6.45) is 6.92. The van der Waals surface area contributed by atoms with Crippen molar-refractivity contribution >= 4 is 69.5 Å². The van der Waals surface area contributed by atoms with Gasteiger partial charge in [0, 0.05) is 87.1 Å². The molecule has 66 heavy (non-hydrogen) atoms. The Kier molecular flexibility index (Phi) is 11.6. The molecule has 1 atom stereocenters. The van der Waals surface area contributed by atoms with Crippen LogP contribution in [0.3, 0.4) is 0 Å². The number of pyridine rings is 1. The number of aromatic nitrogens is 5. The van der Waals surface area contributed by atoms with Crippen LogP contribution in [0.15, 0.2) is 73.3 Å². The van der Waals surface area contributed by atoms with E-state index in [1.165, 1.54) is 6.07 Å². The molecule has 19 heteroatoms. The fourth-order valence-corrected chi connectivity index (χ4v) is 9.75. The predicted octanol–water partition coefficient (Wildman–Crippen LogP) is 3.28. The lowest BCUT2D eigenvalue weighted by atomic mass is 9.86. The summed E-state index contributed by atoms with van der Waals surface area (Å²) in [5.41, 5.74) is 5.65. The van der Waals surface area contributed by atoms with Crippen LogP contribution in [0.5, 0.6) is 0 Å². The fraction of sp³-hybridized carbons (Fsp3) is 0.404. The van der Waals surface area contributed by atoms with Crippen LogP contribution in [0, 0.1) is 12.8 Å². The highest BCUT2D eigenvalue weighted by Crippen LogP contribution is 2.36. The number of amides is 6. The van der Waals surface area contributed by atoms with Gasteiger partial charge in [0.1, 0.15) is 18.1 Å². The van der Waals surface area contributed by atoms with Crippen LogP contribution in [-0.4, -0.2) is 139 Å². The molecule has 4 fully saturated rings. The van der Waals surface area contributed by atoms with Crippen LogP contribution < -0.4 is 26.2 Å². The van der Waals surface area contributed by atoms with Gasteiger partial charge in [0.05, 0.1) is 24.0 Å². The first-order valence-corrected chi connectivity index (χ1v) is 22.7. The smallest absolute Gasteiger partial charge is 0.270 e. The normalized spacial score (nSPS) is 21.4. The molecule has 0 bridgehead atoms. The molecule has 10 rings (SSSR count). The Hall–Kier alpha value is -7.28. The minimum Gasteiger partial charge on any atom is -0.376 e. The van der Waals surface area contributed by atoms with Crippen LogP contribution >= 0.6 is 0 Å². The average molecular weight is 894 g/mol. The first-order valence-electron chi connectivity index (χ1n) is 22.7. The average Bonchev–Trinajstić information content (AvgIpc) is 3.85. The number of benzene rings is 2. The van der Waals surface area contributed by atoms with Gasteiger partial charge in [-0.15, -0.1) is 0 Å². The van der Waals surface area contributed by atoms with Gasteiger partial charge in [-0.1, -0.05) is 6.07 Å². The molecule has 1 saturated carbocycles. The summed E-state index contributed by atoms with van der Waals surface area (Å²) in [5, 5.41) is 11.9. The standard InChI is InChI=1S/C47H51N13O6/c1-28-3-2-4-37(52-28)44(63)54-32-21-34(22-32)59-27-51-41-42(49-26-50-43(41)59)53-30-5-8-33(9-6-30)57-19-17-56(18-20-57)25-29-13-15-58(16-14-29)40(62)24-48-31-7-10-35-36(23-31)47(66)60(46(35)65)38-11-12-39(61)55-45(38)64/h2-10,23,26-27,29,32,34,38,48H,11-22,24-25H2,1H3,(H,54,63)(H,49,50,53)(H,55,61,64)/t32?,34?,38-/m0/s1. The molecule has 0 radical (unpaired) electrons. The highest BCUT2D eigenvalue weighted by Gasteiger charge is 2.45. The van der Waals surface area contributed by atoms with E-state index in [1.54, 1.807) is 30.9 Å². The number of piperidine rings is 2. The molecule has 3 saturated heterocycles. The van der Waals surface area contributed by atoms with Crippen molar-refractivity contribution in [3.05, 3.63) is 95.8 Å². The summed E-state index contributed by atoms with van der Waals surface area (Å²) in [7, 11) is 0. The summed E-state index contributed by atoms with van der Waals surface area (Å²) < 4.78 is 2.07. The number of nitrogens with one attached hydrogen (secondary N) is 4.